The third-order valence-electron chi connectivity index (χ3n) is 5.53. The van der Waals surface area contributed by atoms with E-state index in [1.54, 1.807) is 24.3 Å². The molecular weight excluding hydrogens is 521 g/mol. The summed E-state index contributed by atoms with van der Waals surface area (Å²) in [5.41, 5.74) is -3.34. The fourth-order valence-electron chi connectivity index (χ4n) is 3.80. The van der Waals surface area contributed by atoms with Crippen LogP contribution in [0.1, 0.15) is 22.2 Å². The van der Waals surface area contributed by atoms with Crippen LogP contribution in [-0.2, 0) is 0 Å². The van der Waals surface area contributed by atoms with Gasteiger partial charge in [0, 0.05) is 15.6 Å². The van der Waals surface area contributed by atoms with Crippen LogP contribution in [0.4, 0.5) is 18.0 Å². The predicted octanol–water partition coefficient (Wildman–Crippen LogP) is 4.82. The highest BCUT2D eigenvalue weighted by molar-refractivity contribution is 9.10. The Morgan fingerprint density at radius 3 is 2.32 bits per heavy atom. The molecular formula is C23H18BrF3N2O5. The summed E-state index contributed by atoms with van der Waals surface area (Å²) in [6, 6.07) is 12.3. The van der Waals surface area contributed by atoms with Gasteiger partial charge < -0.3 is 24.9 Å². The van der Waals surface area contributed by atoms with Crippen molar-refractivity contribution in [3.05, 3.63) is 76.5 Å². The van der Waals surface area contributed by atoms with Crippen molar-refractivity contribution < 1.29 is 37.0 Å². The number of methoxy groups -OCH3 is 1. The van der Waals surface area contributed by atoms with E-state index in [2.05, 4.69) is 21.2 Å². The minimum absolute atomic E-state index is 0.115. The van der Waals surface area contributed by atoms with Crippen LogP contribution < -0.4 is 15.4 Å². The molecule has 0 radical (unpaired) electrons. The zero-order valence-corrected chi connectivity index (χ0v) is 19.1. The molecule has 1 aliphatic rings. The van der Waals surface area contributed by atoms with E-state index in [0.717, 1.165) is 4.47 Å². The van der Waals surface area contributed by atoms with E-state index in [1.165, 1.54) is 48.8 Å². The molecule has 3 unspecified atom stereocenters. The Morgan fingerprint density at radius 1 is 1.09 bits per heavy atom. The summed E-state index contributed by atoms with van der Waals surface area (Å²) in [4.78, 5) is 25.5. The number of furan rings is 1. The number of halogens is 4. The number of carbonyl (C=O) groups is 2. The van der Waals surface area contributed by atoms with Crippen molar-refractivity contribution in [2.24, 2.45) is 5.92 Å². The molecule has 1 aromatic heterocycles. The number of hydrogen-bond acceptors (Lipinski definition) is 5. The summed E-state index contributed by atoms with van der Waals surface area (Å²) in [5, 5.41) is 14.5. The number of carbonyl (C=O) groups excluding carboxylic acids is 2. The number of hydrogen-bond donors (Lipinski definition) is 3. The maximum absolute atomic E-state index is 14.0. The normalized spacial score (nSPS) is 22.6. The molecule has 2 heterocycles. The van der Waals surface area contributed by atoms with E-state index < -0.39 is 35.7 Å². The van der Waals surface area contributed by atoms with E-state index >= 15 is 0 Å². The summed E-state index contributed by atoms with van der Waals surface area (Å²) in [7, 11) is 1.40. The van der Waals surface area contributed by atoms with Gasteiger partial charge in [0.2, 0.25) is 5.72 Å². The van der Waals surface area contributed by atoms with Gasteiger partial charge in [0.25, 0.3) is 0 Å². The number of aliphatic hydroxyl groups is 1. The fourth-order valence-corrected chi connectivity index (χ4v) is 4.06. The minimum atomic E-state index is -5.36. The van der Waals surface area contributed by atoms with Gasteiger partial charge in [-0.05, 0) is 48.5 Å². The number of rotatable bonds is 5. The molecule has 34 heavy (non-hydrogen) atoms. The highest BCUT2D eigenvalue weighted by Gasteiger charge is 2.66. The second-order valence-corrected chi connectivity index (χ2v) is 8.54. The van der Waals surface area contributed by atoms with Crippen LogP contribution >= 0.6 is 15.9 Å². The zero-order valence-electron chi connectivity index (χ0n) is 17.5. The Bertz CT molecular complexity index is 1210. The smallest absolute Gasteiger partial charge is 0.437 e. The van der Waals surface area contributed by atoms with Gasteiger partial charge >= 0.3 is 12.2 Å². The van der Waals surface area contributed by atoms with Crippen LogP contribution in [0.15, 0.2) is 69.6 Å². The first-order valence-electron chi connectivity index (χ1n) is 9.95. The molecule has 3 N–H and O–H groups in total. The van der Waals surface area contributed by atoms with Crippen LogP contribution in [0.25, 0.3) is 11.3 Å². The Hall–Kier alpha value is -3.31. The Kier molecular flexibility index (Phi) is 6.17. The van der Waals surface area contributed by atoms with Gasteiger partial charge in [-0.3, -0.25) is 4.79 Å². The standard InChI is InChI=1S/C23H18BrF3N2O5/c1-33-15-8-4-13(5-9-15)20(30)18-19(28-21(31)29-22(18,32)23(25,26)27)17-11-10-16(34-17)12-2-6-14(24)7-3-12/h2-11,18-19,32H,1H3,(H2,28,29,31). The van der Waals surface area contributed by atoms with Crippen molar-refractivity contribution in [1.29, 1.82) is 0 Å². The quantitative estimate of drug-likeness (QED) is 0.404. The summed E-state index contributed by atoms with van der Waals surface area (Å²) in [5.74, 6) is -2.67. The number of amides is 2. The molecule has 7 nitrogen and oxygen atoms in total. The number of urea groups is 1. The van der Waals surface area contributed by atoms with Crippen molar-refractivity contribution in [2.75, 3.05) is 7.11 Å². The van der Waals surface area contributed by atoms with Crippen molar-refractivity contribution in [2.45, 2.75) is 17.9 Å². The molecule has 3 atom stereocenters. The second-order valence-electron chi connectivity index (χ2n) is 7.62. The molecule has 4 rings (SSSR count). The molecule has 178 valence electrons. The first kappa shape index (κ1) is 23.8. The summed E-state index contributed by atoms with van der Waals surface area (Å²) >= 11 is 3.31. The van der Waals surface area contributed by atoms with Gasteiger partial charge in [-0.25, -0.2) is 4.79 Å². The molecule has 0 bridgehead atoms. The lowest BCUT2D eigenvalue weighted by Gasteiger charge is -2.44. The molecule has 11 heteroatoms. The molecule has 2 amide bonds. The number of ether oxygens (including phenoxy) is 1. The molecule has 0 spiro atoms. The van der Waals surface area contributed by atoms with Gasteiger partial charge in [-0.2, -0.15) is 13.2 Å². The van der Waals surface area contributed by atoms with Crippen molar-refractivity contribution in [1.82, 2.24) is 10.6 Å². The van der Waals surface area contributed by atoms with E-state index in [1.807, 2.05) is 0 Å². The van der Waals surface area contributed by atoms with Crippen LogP contribution in [0.2, 0.25) is 0 Å². The van der Waals surface area contributed by atoms with Crippen molar-refractivity contribution in [3.63, 3.8) is 0 Å². The third-order valence-corrected chi connectivity index (χ3v) is 6.05. The largest absolute Gasteiger partial charge is 0.497 e. The van der Waals surface area contributed by atoms with Crippen LogP contribution in [0.3, 0.4) is 0 Å². The summed E-state index contributed by atoms with van der Waals surface area (Å²) in [6.07, 6.45) is -5.36. The molecule has 1 fully saturated rings. The molecule has 0 saturated carbocycles. The SMILES string of the molecule is COc1ccc(C(=O)C2C(c3ccc(-c4ccc(Br)cc4)o3)NC(=O)NC2(O)C(F)(F)F)cc1. The van der Waals surface area contributed by atoms with Gasteiger partial charge in [0.15, 0.2) is 5.78 Å². The van der Waals surface area contributed by atoms with E-state index in [9.17, 15) is 27.9 Å². The van der Waals surface area contributed by atoms with Gasteiger partial charge in [0.05, 0.1) is 7.11 Å². The number of Topliss-reactive ketones (excluding diaryl/α,β-unsaturated/α-hetero) is 1. The molecule has 2 aromatic carbocycles. The number of alkyl halides is 3. The monoisotopic (exact) mass is 538 g/mol. The van der Waals surface area contributed by atoms with Gasteiger partial charge in [-0.15, -0.1) is 0 Å². The average Bonchev–Trinajstić information content (AvgIpc) is 3.28. The van der Waals surface area contributed by atoms with Crippen LogP contribution in [0, 0.1) is 5.92 Å². The third kappa shape index (κ3) is 4.28. The summed E-state index contributed by atoms with van der Waals surface area (Å²) < 4.78 is 53.7. The average molecular weight is 539 g/mol. The highest BCUT2D eigenvalue weighted by atomic mass is 79.9. The Labute approximate surface area is 200 Å². The number of ketones is 1. The number of nitrogens with one attached hydrogen (secondary N) is 2. The van der Waals surface area contributed by atoms with E-state index in [0.29, 0.717) is 17.1 Å². The number of benzene rings is 2. The van der Waals surface area contributed by atoms with Crippen LogP contribution in [0.5, 0.6) is 5.75 Å². The van der Waals surface area contributed by atoms with Gasteiger partial charge in [-0.1, -0.05) is 28.1 Å². The fraction of sp³-hybridized carbons (Fsp3) is 0.217. The van der Waals surface area contributed by atoms with Gasteiger partial charge in [0.1, 0.15) is 29.2 Å². The highest BCUT2D eigenvalue weighted by Crippen LogP contribution is 2.44. The maximum atomic E-state index is 14.0. The molecule has 3 aromatic rings. The van der Waals surface area contributed by atoms with Crippen molar-refractivity contribution >= 4 is 27.7 Å². The topological polar surface area (TPSA) is 101 Å². The summed E-state index contributed by atoms with van der Waals surface area (Å²) in [6.45, 7) is 0. The Balaban J connectivity index is 1.79. The van der Waals surface area contributed by atoms with E-state index in [4.69, 9.17) is 9.15 Å². The Morgan fingerprint density at radius 2 is 1.74 bits per heavy atom. The lowest BCUT2D eigenvalue weighted by Crippen LogP contribution is -2.72. The second kappa shape index (κ2) is 8.80. The molecule has 0 aliphatic carbocycles. The first-order chi connectivity index (χ1) is 16.0. The lowest BCUT2D eigenvalue weighted by molar-refractivity contribution is -0.288. The minimum Gasteiger partial charge on any atom is -0.497 e. The zero-order chi connectivity index (χ0) is 24.7. The molecule has 1 saturated heterocycles. The predicted molar refractivity (Wildman–Crippen MR) is 118 cm³/mol. The van der Waals surface area contributed by atoms with E-state index in [-0.39, 0.29) is 11.3 Å². The van der Waals surface area contributed by atoms with Crippen LogP contribution in [-0.4, -0.2) is 35.9 Å². The van der Waals surface area contributed by atoms with Crippen molar-refractivity contribution in [3.8, 4) is 17.1 Å². The maximum Gasteiger partial charge on any atom is 0.437 e. The lowest BCUT2D eigenvalue weighted by atomic mass is 9.79. The first-order valence-corrected chi connectivity index (χ1v) is 10.7. The molecule has 1 aliphatic heterocycles.